The van der Waals surface area contributed by atoms with Crippen molar-refractivity contribution in [1.82, 2.24) is 5.32 Å². The Labute approximate surface area is 110 Å². The molecule has 1 aliphatic carbocycles. The number of benzene rings is 1. The average Bonchev–Trinajstić information content (AvgIpc) is 2.40. The van der Waals surface area contributed by atoms with Gasteiger partial charge in [-0.05, 0) is 37.8 Å². The van der Waals surface area contributed by atoms with Crippen LogP contribution in [0.15, 0.2) is 18.2 Å². The van der Waals surface area contributed by atoms with Crippen molar-refractivity contribution in [2.24, 2.45) is 0 Å². The predicted molar refractivity (Wildman–Crippen MR) is 75.8 cm³/mol. The van der Waals surface area contributed by atoms with Crippen LogP contribution in [0.4, 0.5) is 0 Å². The highest BCUT2D eigenvalue weighted by molar-refractivity contribution is 5.32. The summed E-state index contributed by atoms with van der Waals surface area (Å²) < 4.78 is 0. The van der Waals surface area contributed by atoms with Gasteiger partial charge in [-0.3, -0.25) is 0 Å². The van der Waals surface area contributed by atoms with E-state index in [1.807, 2.05) is 0 Å². The van der Waals surface area contributed by atoms with Gasteiger partial charge < -0.3 is 10.4 Å². The zero-order valence-corrected chi connectivity index (χ0v) is 11.6. The van der Waals surface area contributed by atoms with Crippen LogP contribution in [0, 0.1) is 13.8 Å². The third-order valence-corrected chi connectivity index (χ3v) is 4.00. The lowest BCUT2D eigenvalue weighted by molar-refractivity contribution is 0.165. The standard InChI is InChI=1S/C16H25NO/c1-12-8-9-13(2)15(10-12)16(18)11-17-14-6-4-3-5-7-14/h8-10,14,16-18H,3-7,11H2,1-2H3. The Bertz CT molecular complexity index is 383. The minimum absolute atomic E-state index is 0.383. The maximum Gasteiger partial charge on any atom is 0.0917 e. The van der Waals surface area contributed by atoms with Gasteiger partial charge in [-0.15, -0.1) is 0 Å². The van der Waals surface area contributed by atoms with Gasteiger partial charge in [0.15, 0.2) is 0 Å². The molecule has 0 spiro atoms. The van der Waals surface area contributed by atoms with E-state index in [1.165, 1.54) is 43.2 Å². The molecule has 1 aromatic carbocycles. The summed E-state index contributed by atoms with van der Waals surface area (Å²) in [6.45, 7) is 4.82. The number of aliphatic hydroxyl groups excluding tert-OH is 1. The van der Waals surface area contributed by atoms with E-state index >= 15 is 0 Å². The SMILES string of the molecule is Cc1ccc(C)c(C(O)CNC2CCCCC2)c1. The fraction of sp³-hybridized carbons (Fsp3) is 0.625. The van der Waals surface area contributed by atoms with Crippen LogP contribution >= 0.6 is 0 Å². The van der Waals surface area contributed by atoms with Gasteiger partial charge in [-0.2, -0.15) is 0 Å². The van der Waals surface area contributed by atoms with E-state index in [1.54, 1.807) is 0 Å². The molecule has 0 amide bonds. The number of nitrogens with one attached hydrogen (secondary N) is 1. The summed E-state index contributed by atoms with van der Waals surface area (Å²) in [5.41, 5.74) is 3.46. The van der Waals surface area contributed by atoms with Crippen molar-refractivity contribution in [2.45, 2.75) is 58.1 Å². The highest BCUT2D eigenvalue weighted by Crippen LogP contribution is 2.21. The van der Waals surface area contributed by atoms with Crippen molar-refractivity contribution in [2.75, 3.05) is 6.54 Å². The smallest absolute Gasteiger partial charge is 0.0917 e. The van der Waals surface area contributed by atoms with Crippen LogP contribution in [-0.2, 0) is 0 Å². The lowest BCUT2D eigenvalue weighted by Gasteiger charge is -2.25. The molecule has 1 unspecified atom stereocenters. The van der Waals surface area contributed by atoms with Crippen LogP contribution in [0.25, 0.3) is 0 Å². The molecule has 1 fully saturated rings. The summed E-state index contributed by atoms with van der Waals surface area (Å²) in [6, 6.07) is 6.90. The Morgan fingerprint density at radius 3 is 2.67 bits per heavy atom. The molecule has 1 aliphatic rings. The molecule has 0 aliphatic heterocycles. The topological polar surface area (TPSA) is 32.3 Å². The number of hydrogen-bond donors (Lipinski definition) is 2. The van der Waals surface area contributed by atoms with Gasteiger partial charge in [-0.25, -0.2) is 0 Å². The Hall–Kier alpha value is -0.860. The molecule has 0 saturated heterocycles. The molecule has 0 bridgehead atoms. The molecule has 2 N–H and O–H groups in total. The Morgan fingerprint density at radius 1 is 1.22 bits per heavy atom. The first-order chi connectivity index (χ1) is 8.66. The largest absolute Gasteiger partial charge is 0.387 e. The second-order valence-electron chi connectivity index (χ2n) is 5.62. The first-order valence-corrected chi connectivity index (χ1v) is 7.15. The van der Waals surface area contributed by atoms with Crippen molar-refractivity contribution in [3.8, 4) is 0 Å². The Kier molecular flexibility index (Phi) is 4.79. The van der Waals surface area contributed by atoms with Gasteiger partial charge >= 0.3 is 0 Å². The third-order valence-electron chi connectivity index (χ3n) is 4.00. The van der Waals surface area contributed by atoms with Crippen LogP contribution in [0.1, 0.15) is 54.9 Å². The fourth-order valence-corrected chi connectivity index (χ4v) is 2.81. The molecule has 100 valence electrons. The highest BCUT2D eigenvalue weighted by atomic mass is 16.3. The van der Waals surface area contributed by atoms with E-state index in [2.05, 4.69) is 37.4 Å². The molecule has 1 saturated carbocycles. The van der Waals surface area contributed by atoms with Gasteiger partial charge in [0.25, 0.3) is 0 Å². The maximum absolute atomic E-state index is 10.3. The van der Waals surface area contributed by atoms with Crippen molar-refractivity contribution in [1.29, 1.82) is 0 Å². The van der Waals surface area contributed by atoms with Gasteiger partial charge in [0.1, 0.15) is 0 Å². The zero-order valence-electron chi connectivity index (χ0n) is 11.6. The average molecular weight is 247 g/mol. The second-order valence-corrected chi connectivity index (χ2v) is 5.62. The maximum atomic E-state index is 10.3. The minimum Gasteiger partial charge on any atom is -0.387 e. The molecule has 0 aromatic heterocycles. The normalized spacial score (nSPS) is 18.8. The minimum atomic E-state index is -0.383. The first kappa shape index (κ1) is 13.6. The zero-order chi connectivity index (χ0) is 13.0. The summed E-state index contributed by atoms with van der Waals surface area (Å²) in [5.74, 6) is 0. The molecule has 0 radical (unpaired) electrons. The summed E-state index contributed by atoms with van der Waals surface area (Å²) in [7, 11) is 0. The molecule has 1 aromatic rings. The molecule has 2 nitrogen and oxygen atoms in total. The van der Waals surface area contributed by atoms with Gasteiger partial charge in [0.2, 0.25) is 0 Å². The van der Waals surface area contributed by atoms with E-state index in [9.17, 15) is 5.11 Å². The van der Waals surface area contributed by atoms with Gasteiger partial charge in [-0.1, -0.05) is 43.0 Å². The molecule has 2 heteroatoms. The Balaban J connectivity index is 1.90. The highest BCUT2D eigenvalue weighted by Gasteiger charge is 2.16. The van der Waals surface area contributed by atoms with E-state index in [-0.39, 0.29) is 6.10 Å². The van der Waals surface area contributed by atoms with E-state index in [4.69, 9.17) is 0 Å². The van der Waals surface area contributed by atoms with E-state index in [0.717, 1.165) is 5.56 Å². The van der Waals surface area contributed by atoms with E-state index < -0.39 is 0 Å². The summed E-state index contributed by atoms with van der Waals surface area (Å²) in [6.07, 6.45) is 6.18. The molecule has 1 atom stereocenters. The third kappa shape index (κ3) is 3.56. The summed E-state index contributed by atoms with van der Waals surface area (Å²) >= 11 is 0. The van der Waals surface area contributed by atoms with Crippen LogP contribution in [0.5, 0.6) is 0 Å². The van der Waals surface area contributed by atoms with E-state index in [0.29, 0.717) is 12.6 Å². The van der Waals surface area contributed by atoms with Crippen molar-refractivity contribution in [3.05, 3.63) is 34.9 Å². The van der Waals surface area contributed by atoms with Crippen LogP contribution < -0.4 is 5.32 Å². The molecule has 0 heterocycles. The number of aryl methyl sites for hydroxylation is 2. The molecular formula is C16H25NO. The lowest BCUT2D eigenvalue weighted by atomic mass is 9.95. The molecule has 2 rings (SSSR count). The van der Waals surface area contributed by atoms with Crippen LogP contribution in [0.3, 0.4) is 0 Å². The summed E-state index contributed by atoms with van der Waals surface area (Å²) in [5, 5.41) is 13.8. The fourth-order valence-electron chi connectivity index (χ4n) is 2.81. The Morgan fingerprint density at radius 2 is 1.94 bits per heavy atom. The second kappa shape index (κ2) is 6.35. The van der Waals surface area contributed by atoms with Crippen molar-refractivity contribution < 1.29 is 5.11 Å². The number of hydrogen-bond acceptors (Lipinski definition) is 2. The molecular weight excluding hydrogens is 222 g/mol. The van der Waals surface area contributed by atoms with Crippen molar-refractivity contribution in [3.63, 3.8) is 0 Å². The molecule has 18 heavy (non-hydrogen) atoms. The van der Waals surface area contributed by atoms with Crippen molar-refractivity contribution >= 4 is 0 Å². The van der Waals surface area contributed by atoms with Crippen LogP contribution in [0.2, 0.25) is 0 Å². The first-order valence-electron chi connectivity index (χ1n) is 7.15. The monoisotopic (exact) mass is 247 g/mol. The number of rotatable bonds is 4. The predicted octanol–water partition coefficient (Wildman–Crippen LogP) is 3.26. The van der Waals surface area contributed by atoms with Gasteiger partial charge in [0.05, 0.1) is 6.10 Å². The lowest BCUT2D eigenvalue weighted by Crippen LogP contribution is -2.34. The quantitative estimate of drug-likeness (QED) is 0.856. The number of aliphatic hydroxyl groups is 1. The van der Waals surface area contributed by atoms with Crippen LogP contribution in [-0.4, -0.2) is 17.7 Å². The van der Waals surface area contributed by atoms with Gasteiger partial charge in [0, 0.05) is 12.6 Å². The summed E-state index contributed by atoms with van der Waals surface area (Å²) in [4.78, 5) is 0.